The summed E-state index contributed by atoms with van der Waals surface area (Å²) in [4.78, 5) is 24.7. The molecule has 4 N–H and O–H groups in total. The van der Waals surface area contributed by atoms with E-state index in [2.05, 4.69) is 16.0 Å². The summed E-state index contributed by atoms with van der Waals surface area (Å²) in [6, 6.07) is 8.68. The van der Waals surface area contributed by atoms with Crippen molar-refractivity contribution in [2.45, 2.75) is 45.1 Å². The van der Waals surface area contributed by atoms with E-state index >= 15 is 0 Å². The summed E-state index contributed by atoms with van der Waals surface area (Å²) < 4.78 is 0. The van der Waals surface area contributed by atoms with Crippen molar-refractivity contribution in [3.8, 4) is 6.07 Å². The number of nitrogens with zero attached hydrogens (tertiary/aromatic N) is 2. The van der Waals surface area contributed by atoms with E-state index in [1.54, 1.807) is 31.3 Å². The van der Waals surface area contributed by atoms with Crippen molar-refractivity contribution in [2.75, 3.05) is 18.9 Å². The van der Waals surface area contributed by atoms with Crippen LogP contribution in [-0.2, 0) is 4.79 Å². The molecular weight excluding hydrogens is 356 g/mol. The number of anilines is 1. The summed E-state index contributed by atoms with van der Waals surface area (Å²) >= 11 is 0. The fourth-order valence-corrected chi connectivity index (χ4v) is 3.34. The second kappa shape index (κ2) is 10.3. The highest BCUT2D eigenvalue weighted by atomic mass is 16.2. The van der Waals surface area contributed by atoms with Gasteiger partial charge in [0.2, 0.25) is 5.91 Å². The van der Waals surface area contributed by atoms with Gasteiger partial charge in [-0.15, -0.1) is 0 Å². The second-order valence-corrected chi connectivity index (χ2v) is 7.16. The Labute approximate surface area is 165 Å². The van der Waals surface area contributed by atoms with Crippen molar-refractivity contribution in [2.24, 2.45) is 5.92 Å². The highest BCUT2D eigenvalue weighted by Crippen LogP contribution is 2.26. The van der Waals surface area contributed by atoms with Crippen LogP contribution in [0.4, 0.5) is 10.5 Å². The average Bonchev–Trinajstić information content (AvgIpc) is 2.68. The summed E-state index contributed by atoms with van der Waals surface area (Å²) in [6.07, 6.45) is 4.90. The largest absolute Gasteiger partial charge is 0.356 e. The summed E-state index contributed by atoms with van der Waals surface area (Å²) in [7, 11) is 1.57. The Morgan fingerprint density at radius 3 is 2.64 bits per heavy atom. The Morgan fingerprint density at radius 1 is 1.29 bits per heavy atom. The highest BCUT2D eigenvalue weighted by Gasteiger charge is 2.23. The minimum absolute atomic E-state index is 0.111. The van der Waals surface area contributed by atoms with Crippen LogP contribution >= 0.6 is 0 Å². The number of nitrogens with one attached hydrogen (secondary N) is 4. The van der Waals surface area contributed by atoms with Crippen LogP contribution in [0.2, 0.25) is 0 Å². The van der Waals surface area contributed by atoms with Crippen molar-refractivity contribution >= 4 is 23.6 Å². The molecule has 1 aromatic rings. The molecule has 8 heteroatoms. The molecule has 8 nitrogen and oxygen atoms in total. The fourth-order valence-electron chi connectivity index (χ4n) is 3.34. The molecule has 150 valence electrons. The van der Waals surface area contributed by atoms with E-state index in [9.17, 15) is 9.59 Å². The standard InChI is InChI=1S/C20H28N6O2/c1-14(27)26(2)19(22)23-11-10-15-4-3-5-18(12-15)25-20(28)24-17-8-6-16(13-21)7-9-17/h6-9,15,18H,3-5,10-12H2,1-2H3,(H2,22,23)(H2,24,25,28)/t15-,18-/m1/s1. The Hall–Kier alpha value is -3.08. The number of carbonyl (C=O) groups excluding carboxylic acids is 2. The molecule has 1 aromatic carbocycles. The maximum Gasteiger partial charge on any atom is 0.319 e. The molecule has 1 aliphatic rings. The molecule has 1 fully saturated rings. The van der Waals surface area contributed by atoms with Gasteiger partial charge in [0.15, 0.2) is 5.96 Å². The maximum atomic E-state index is 12.2. The topological polar surface area (TPSA) is 121 Å². The SMILES string of the molecule is CC(=O)N(C)C(=N)NCC[C@H]1CCC[C@@H](NC(=O)Nc2ccc(C#N)cc2)C1. The lowest BCUT2D eigenvalue weighted by Crippen LogP contribution is -2.43. The Balaban J connectivity index is 1.73. The molecule has 0 unspecified atom stereocenters. The van der Waals surface area contributed by atoms with Crippen molar-refractivity contribution in [1.29, 1.82) is 10.7 Å². The van der Waals surface area contributed by atoms with Crippen molar-refractivity contribution in [3.63, 3.8) is 0 Å². The van der Waals surface area contributed by atoms with Crippen molar-refractivity contribution < 1.29 is 9.59 Å². The van der Waals surface area contributed by atoms with Gasteiger partial charge in [-0.25, -0.2) is 4.79 Å². The van der Waals surface area contributed by atoms with Gasteiger partial charge in [0.05, 0.1) is 11.6 Å². The van der Waals surface area contributed by atoms with Gasteiger partial charge >= 0.3 is 6.03 Å². The maximum absolute atomic E-state index is 12.2. The van der Waals surface area contributed by atoms with Gasteiger partial charge < -0.3 is 16.0 Å². The Bertz CT molecular complexity index is 740. The molecule has 0 aliphatic heterocycles. The molecule has 0 bridgehead atoms. The predicted octanol–water partition coefficient (Wildman–Crippen LogP) is 2.63. The lowest BCUT2D eigenvalue weighted by molar-refractivity contribution is -0.124. The Morgan fingerprint density at radius 2 is 2.00 bits per heavy atom. The van der Waals surface area contributed by atoms with Gasteiger partial charge in [-0.3, -0.25) is 15.1 Å². The monoisotopic (exact) mass is 384 g/mol. The van der Waals surface area contributed by atoms with Crippen LogP contribution in [0.1, 0.15) is 44.6 Å². The average molecular weight is 384 g/mol. The van der Waals surface area contributed by atoms with Crippen LogP contribution in [0, 0.1) is 22.7 Å². The van der Waals surface area contributed by atoms with Crippen LogP contribution in [0.15, 0.2) is 24.3 Å². The zero-order valence-corrected chi connectivity index (χ0v) is 16.4. The highest BCUT2D eigenvalue weighted by molar-refractivity contribution is 5.94. The molecule has 3 amide bonds. The smallest absolute Gasteiger partial charge is 0.319 e. The van der Waals surface area contributed by atoms with Crippen LogP contribution < -0.4 is 16.0 Å². The van der Waals surface area contributed by atoms with E-state index in [1.165, 1.54) is 11.8 Å². The van der Waals surface area contributed by atoms with Crippen LogP contribution in [0.3, 0.4) is 0 Å². The first-order valence-corrected chi connectivity index (χ1v) is 9.53. The zero-order chi connectivity index (χ0) is 20.5. The quantitative estimate of drug-likeness (QED) is 0.460. The molecule has 1 aliphatic carbocycles. The summed E-state index contributed by atoms with van der Waals surface area (Å²) in [5, 5.41) is 25.4. The molecule has 0 aromatic heterocycles. The molecular formula is C20H28N6O2. The molecule has 28 heavy (non-hydrogen) atoms. The van der Waals surface area contributed by atoms with E-state index in [4.69, 9.17) is 10.7 Å². The molecule has 0 radical (unpaired) electrons. The second-order valence-electron chi connectivity index (χ2n) is 7.16. The third kappa shape index (κ3) is 6.58. The normalized spacial score (nSPS) is 18.5. The fraction of sp³-hybridized carbons (Fsp3) is 0.500. The molecule has 1 saturated carbocycles. The number of carbonyl (C=O) groups is 2. The number of nitriles is 1. The van der Waals surface area contributed by atoms with Gasteiger partial charge in [0, 0.05) is 32.2 Å². The van der Waals surface area contributed by atoms with Crippen molar-refractivity contribution in [3.05, 3.63) is 29.8 Å². The first kappa shape index (κ1) is 21.2. The predicted molar refractivity (Wildman–Crippen MR) is 108 cm³/mol. The number of urea groups is 1. The minimum atomic E-state index is -0.238. The molecule has 0 spiro atoms. The number of benzene rings is 1. The van der Waals surface area contributed by atoms with Crippen molar-refractivity contribution in [1.82, 2.24) is 15.5 Å². The van der Waals surface area contributed by atoms with Crippen LogP contribution in [0.25, 0.3) is 0 Å². The van der Waals surface area contributed by atoms with Gasteiger partial charge in [0.1, 0.15) is 0 Å². The first-order valence-electron chi connectivity index (χ1n) is 9.53. The van der Waals surface area contributed by atoms with Gasteiger partial charge in [0.25, 0.3) is 0 Å². The van der Waals surface area contributed by atoms with E-state index < -0.39 is 0 Å². The summed E-state index contributed by atoms with van der Waals surface area (Å²) in [5.41, 5.74) is 1.21. The van der Waals surface area contributed by atoms with Crippen LogP contribution in [0.5, 0.6) is 0 Å². The summed E-state index contributed by atoms with van der Waals surface area (Å²) in [5.74, 6) is 0.407. The lowest BCUT2D eigenvalue weighted by atomic mass is 9.84. The number of guanidine groups is 1. The number of rotatable bonds is 5. The molecule has 0 saturated heterocycles. The van der Waals surface area contributed by atoms with E-state index in [-0.39, 0.29) is 23.9 Å². The number of amides is 3. The Kier molecular flexibility index (Phi) is 7.81. The van der Waals surface area contributed by atoms with E-state index in [0.29, 0.717) is 23.7 Å². The molecule has 0 heterocycles. The molecule has 2 rings (SSSR count). The minimum Gasteiger partial charge on any atom is -0.356 e. The third-order valence-electron chi connectivity index (χ3n) is 5.04. The first-order chi connectivity index (χ1) is 13.4. The van der Waals surface area contributed by atoms with Crippen LogP contribution in [-0.4, -0.2) is 42.4 Å². The number of hydrogen-bond donors (Lipinski definition) is 4. The summed E-state index contributed by atoms with van der Waals surface area (Å²) in [6.45, 7) is 2.06. The van der Waals surface area contributed by atoms with Gasteiger partial charge in [-0.05, 0) is 49.4 Å². The van der Waals surface area contributed by atoms with Gasteiger partial charge in [-0.1, -0.05) is 12.8 Å². The third-order valence-corrected chi connectivity index (χ3v) is 5.04. The van der Waals surface area contributed by atoms with E-state index in [1.807, 2.05) is 6.07 Å². The van der Waals surface area contributed by atoms with Gasteiger partial charge in [-0.2, -0.15) is 5.26 Å². The zero-order valence-electron chi connectivity index (χ0n) is 16.4. The van der Waals surface area contributed by atoms with E-state index in [0.717, 1.165) is 32.1 Å². The lowest BCUT2D eigenvalue weighted by Gasteiger charge is -2.30. The molecule has 2 atom stereocenters. The number of hydrogen-bond acceptors (Lipinski definition) is 4.